The van der Waals surface area contributed by atoms with Gasteiger partial charge in [0.05, 0.1) is 4.47 Å². The van der Waals surface area contributed by atoms with E-state index in [9.17, 15) is 9.18 Å². The third-order valence-corrected chi connectivity index (χ3v) is 2.50. The van der Waals surface area contributed by atoms with Crippen LogP contribution in [0.25, 0.3) is 11.4 Å². The molecule has 0 fully saturated rings. The van der Waals surface area contributed by atoms with Crippen LogP contribution in [0.2, 0.25) is 0 Å². The van der Waals surface area contributed by atoms with E-state index < -0.39 is 5.91 Å². The quantitative estimate of drug-likeness (QED) is 0.876. The van der Waals surface area contributed by atoms with Crippen molar-refractivity contribution in [3.8, 4) is 11.4 Å². The number of nitrogens with zero attached hydrogens (tertiary/aromatic N) is 2. The van der Waals surface area contributed by atoms with Crippen molar-refractivity contribution in [1.29, 1.82) is 0 Å². The van der Waals surface area contributed by atoms with Gasteiger partial charge in [-0.2, -0.15) is 5.10 Å². The summed E-state index contributed by atoms with van der Waals surface area (Å²) in [6, 6.07) is 4.30. The van der Waals surface area contributed by atoms with E-state index >= 15 is 0 Å². The van der Waals surface area contributed by atoms with Crippen molar-refractivity contribution in [2.24, 2.45) is 5.73 Å². The Bertz CT molecular complexity index is 554. The standard InChI is InChI=1S/C9H6BrFN4O/c10-5-3-4(1-2-6(5)11)8-13-9(7(12)16)15-14-8/h1-3H,(H2,12,16)(H,13,14,15). The van der Waals surface area contributed by atoms with Gasteiger partial charge in [0.25, 0.3) is 5.91 Å². The van der Waals surface area contributed by atoms with Crippen LogP contribution in [-0.4, -0.2) is 21.1 Å². The van der Waals surface area contributed by atoms with E-state index in [0.29, 0.717) is 10.0 Å². The highest BCUT2D eigenvalue weighted by molar-refractivity contribution is 9.10. The van der Waals surface area contributed by atoms with Crippen molar-refractivity contribution < 1.29 is 9.18 Å². The Kier molecular flexibility index (Phi) is 2.69. The summed E-state index contributed by atoms with van der Waals surface area (Å²) in [6.45, 7) is 0. The second-order valence-electron chi connectivity index (χ2n) is 3.00. The molecule has 1 heterocycles. The van der Waals surface area contributed by atoms with Crippen molar-refractivity contribution in [1.82, 2.24) is 15.2 Å². The molecule has 0 aliphatic carbocycles. The fraction of sp³-hybridized carbons (Fsp3) is 0. The maximum Gasteiger partial charge on any atom is 0.286 e. The molecule has 5 nitrogen and oxygen atoms in total. The number of benzene rings is 1. The normalized spacial score (nSPS) is 10.4. The molecule has 0 aliphatic heterocycles. The third-order valence-electron chi connectivity index (χ3n) is 1.90. The molecular formula is C9H6BrFN4O. The van der Waals surface area contributed by atoms with Crippen LogP contribution in [0.15, 0.2) is 22.7 Å². The number of hydrogen-bond donors (Lipinski definition) is 2. The van der Waals surface area contributed by atoms with Crippen molar-refractivity contribution in [2.75, 3.05) is 0 Å². The number of aromatic nitrogens is 3. The van der Waals surface area contributed by atoms with E-state index in [2.05, 4.69) is 31.1 Å². The number of hydrogen-bond acceptors (Lipinski definition) is 3. The number of nitrogens with two attached hydrogens (primary N) is 1. The molecule has 0 aliphatic rings. The van der Waals surface area contributed by atoms with Gasteiger partial charge in [-0.3, -0.25) is 9.89 Å². The summed E-state index contributed by atoms with van der Waals surface area (Å²) >= 11 is 3.05. The van der Waals surface area contributed by atoms with E-state index in [1.165, 1.54) is 18.2 Å². The minimum absolute atomic E-state index is 0.0320. The van der Waals surface area contributed by atoms with E-state index in [1.807, 2.05) is 0 Å². The topological polar surface area (TPSA) is 84.7 Å². The van der Waals surface area contributed by atoms with Crippen LogP contribution in [-0.2, 0) is 0 Å². The SMILES string of the molecule is NC(=O)c1nc(-c2ccc(F)c(Br)c2)n[nH]1. The lowest BCUT2D eigenvalue weighted by Crippen LogP contribution is -2.12. The Morgan fingerprint density at radius 2 is 2.25 bits per heavy atom. The first-order valence-electron chi connectivity index (χ1n) is 4.25. The Labute approximate surface area is 98.0 Å². The molecule has 1 aromatic carbocycles. The van der Waals surface area contributed by atoms with Crippen molar-refractivity contribution in [3.63, 3.8) is 0 Å². The lowest BCUT2D eigenvalue weighted by atomic mass is 10.2. The average molecular weight is 285 g/mol. The molecule has 0 radical (unpaired) electrons. The first kappa shape index (κ1) is 10.7. The van der Waals surface area contributed by atoms with Gasteiger partial charge < -0.3 is 5.73 Å². The highest BCUT2D eigenvalue weighted by Crippen LogP contribution is 2.22. The number of nitrogens with one attached hydrogen (secondary N) is 1. The Morgan fingerprint density at radius 1 is 1.50 bits per heavy atom. The summed E-state index contributed by atoms with van der Waals surface area (Å²) in [6.07, 6.45) is 0. The predicted molar refractivity (Wildman–Crippen MR) is 58.0 cm³/mol. The Hall–Kier alpha value is -1.76. The molecular weight excluding hydrogens is 279 g/mol. The van der Waals surface area contributed by atoms with E-state index in [4.69, 9.17) is 5.73 Å². The molecule has 3 N–H and O–H groups in total. The number of rotatable bonds is 2. The first-order chi connectivity index (χ1) is 7.58. The minimum atomic E-state index is -0.695. The molecule has 0 spiro atoms. The average Bonchev–Trinajstić information content (AvgIpc) is 2.71. The Balaban J connectivity index is 2.42. The lowest BCUT2D eigenvalue weighted by Gasteiger charge is -1.97. The van der Waals surface area contributed by atoms with Crippen molar-refractivity contribution in [3.05, 3.63) is 34.3 Å². The second kappa shape index (κ2) is 4.01. The number of halogens is 2. The van der Waals surface area contributed by atoms with Gasteiger partial charge in [-0.15, -0.1) is 0 Å². The van der Waals surface area contributed by atoms with E-state index in [0.717, 1.165) is 0 Å². The van der Waals surface area contributed by atoms with Crippen LogP contribution < -0.4 is 5.73 Å². The van der Waals surface area contributed by atoms with E-state index in [1.54, 1.807) is 0 Å². The summed E-state index contributed by atoms with van der Waals surface area (Å²) in [4.78, 5) is 14.7. The van der Waals surface area contributed by atoms with Gasteiger partial charge in [0.15, 0.2) is 5.82 Å². The van der Waals surface area contributed by atoms with Gasteiger partial charge in [-0.1, -0.05) is 0 Å². The molecule has 82 valence electrons. The van der Waals surface area contributed by atoms with Gasteiger partial charge in [-0.25, -0.2) is 9.37 Å². The van der Waals surface area contributed by atoms with Gasteiger partial charge in [-0.05, 0) is 34.1 Å². The molecule has 1 aromatic heterocycles. The number of aromatic amines is 1. The summed E-state index contributed by atoms with van der Waals surface area (Å²) in [5, 5.41) is 6.19. The van der Waals surface area contributed by atoms with Gasteiger partial charge >= 0.3 is 0 Å². The largest absolute Gasteiger partial charge is 0.363 e. The molecule has 7 heteroatoms. The number of carbonyl (C=O) groups is 1. The van der Waals surface area contributed by atoms with Gasteiger partial charge in [0, 0.05) is 5.56 Å². The smallest absolute Gasteiger partial charge is 0.286 e. The highest BCUT2D eigenvalue weighted by atomic mass is 79.9. The lowest BCUT2D eigenvalue weighted by molar-refractivity contribution is 0.0991. The summed E-state index contributed by atoms with van der Waals surface area (Å²) in [5.74, 6) is -0.820. The monoisotopic (exact) mass is 284 g/mol. The fourth-order valence-corrected chi connectivity index (χ4v) is 1.52. The molecule has 16 heavy (non-hydrogen) atoms. The zero-order chi connectivity index (χ0) is 11.7. The van der Waals surface area contributed by atoms with Crippen LogP contribution in [0, 0.1) is 5.82 Å². The minimum Gasteiger partial charge on any atom is -0.363 e. The molecule has 2 aromatic rings. The zero-order valence-electron chi connectivity index (χ0n) is 7.87. The van der Waals surface area contributed by atoms with Crippen molar-refractivity contribution in [2.45, 2.75) is 0 Å². The number of primary amides is 1. The second-order valence-corrected chi connectivity index (χ2v) is 3.86. The molecule has 0 bridgehead atoms. The Morgan fingerprint density at radius 3 is 2.81 bits per heavy atom. The van der Waals surface area contributed by atoms with Gasteiger partial charge in [0.1, 0.15) is 5.82 Å². The third kappa shape index (κ3) is 1.94. The maximum atomic E-state index is 13.0. The number of carbonyl (C=O) groups excluding carboxylic acids is 1. The van der Waals surface area contributed by atoms with Crippen molar-refractivity contribution >= 4 is 21.8 Å². The molecule has 0 unspecified atom stereocenters. The van der Waals surface area contributed by atoms with Crippen LogP contribution in [0.1, 0.15) is 10.6 Å². The van der Waals surface area contributed by atoms with Gasteiger partial charge in [0.2, 0.25) is 5.82 Å². The fourth-order valence-electron chi connectivity index (χ4n) is 1.14. The van der Waals surface area contributed by atoms with Crippen LogP contribution >= 0.6 is 15.9 Å². The molecule has 1 amide bonds. The predicted octanol–water partition coefficient (Wildman–Crippen LogP) is 1.47. The molecule has 0 atom stereocenters. The zero-order valence-corrected chi connectivity index (χ0v) is 9.45. The number of H-pyrrole nitrogens is 1. The molecule has 0 saturated heterocycles. The molecule has 0 saturated carbocycles. The molecule has 2 rings (SSSR count). The van der Waals surface area contributed by atoms with Crippen LogP contribution in [0.5, 0.6) is 0 Å². The summed E-state index contributed by atoms with van der Waals surface area (Å²) in [5.41, 5.74) is 5.60. The maximum absolute atomic E-state index is 13.0. The van der Waals surface area contributed by atoms with E-state index in [-0.39, 0.29) is 17.5 Å². The summed E-state index contributed by atoms with van der Waals surface area (Å²) in [7, 11) is 0. The van der Waals surface area contributed by atoms with Crippen LogP contribution in [0.4, 0.5) is 4.39 Å². The summed E-state index contributed by atoms with van der Waals surface area (Å²) < 4.78 is 13.3. The number of amides is 1. The van der Waals surface area contributed by atoms with Crippen LogP contribution in [0.3, 0.4) is 0 Å². The first-order valence-corrected chi connectivity index (χ1v) is 5.05. The highest BCUT2D eigenvalue weighted by Gasteiger charge is 2.10.